The number of fused-ring (bicyclic) bond motifs is 1. The largest absolute Gasteiger partial charge is 0.337 e. The highest BCUT2D eigenvalue weighted by Gasteiger charge is 2.18. The quantitative estimate of drug-likeness (QED) is 0.202. The lowest BCUT2D eigenvalue weighted by atomic mass is 10.2. The van der Waals surface area contributed by atoms with Crippen molar-refractivity contribution in [1.82, 2.24) is 14.5 Å². The monoisotopic (exact) mass is 467 g/mol. The van der Waals surface area contributed by atoms with Crippen LogP contribution in [0.25, 0.3) is 16.3 Å². The molecule has 4 rings (SSSR count). The molecule has 2 aromatic heterocycles. The molecule has 0 aliphatic rings. The second-order valence-corrected chi connectivity index (χ2v) is 8.33. The van der Waals surface area contributed by atoms with Crippen molar-refractivity contribution in [3.05, 3.63) is 88.0 Å². The molecule has 0 N–H and O–H groups in total. The average Bonchev–Trinajstić information content (AvgIpc) is 3.46. The van der Waals surface area contributed by atoms with Crippen molar-refractivity contribution in [3.8, 4) is 0 Å². The Balaban J connectivity index is 1.55. The number of carbonyl (C=O) groups is 1. The number of aromatic nitrogens is 3. The van der Waals surface area contributed by atoms with Gasteiger partial charge in [-0.15, -0.1) is 0 Å². The molecule has 2 heterocycles. The number of halogens is 1. The Morgan fingerprint density at radius 3 is 2.75 bits per heavy atom. The molecule has 8 nitrogen and oxygen atoms in total. The number of hydrogen-bond acceptors (Lipinski definition) is 6. The van der Waals surface area contributed by atoms with Crippen LogP contribution < -0.4 is 4.90 Å². The Labute approximate surface area is 192 Å². The highest BCUT2D eigenvalue weighted by atomic mass is 35.5. The molecule has 0 unspecified atom stereocenters. The molecule has 1 amide bonds. The molecule has 2 aromatic carbocycles. The van der Waals surface area contributed by atoms with Crippen LogP contribution in [-0.4, -0.2) is 31.9 Å². The summed E-state index contributed by atoms with van der Waals surface area (Å²) in [4.78, 5) is 33.7. The van der Waals surface area contributed by atoms with Crippen LogP contribution in [0.4, 0.5) is 10.8 Å². The first-order valence-corrected chi connectivity index (χ1v) is 11.0. The summed E-state index contributed by atoms with van der Waals surface area (Å²) in [6.45, 7) is 1.17. The topological polar surface area (TPSA) is 94.2 Å². The van der Waals surface area contributed by atoms with Gasteiger partial charge in [-0.25, -0.2) is 9.97 Å². The second-order valence-electron chi connectivity index (χ2n) is 6.91. The standard InChI is InChI=1S/C22H18ClN5O3S/c23-18-3-1-4-19-21(18)25-22(32-19)27(13-2-12-26-14-11-24-15-26)20(29)10-7-16-5-8-17(9-6-16)28(30)31/h1,3-11,14-15H,2,12-13H2/b10-7+. The number of imidazole rings is 1. The zero-order valence-corrected chi connectivity index (χ0v) is 18.4. The number of anilines is 1. The molecule has 162 valence electrons. The number of nitrogens with zero attached hydrogens (tertiary/aromatic N) is 5. The van der Waals surface area contributed by atoms with Crippen molar-refractivity contribution in [2.24, 2.45) is 0 Å². The van der Waals surface area contributed by atoms with Crippen molar-refractivity contribution in [2.45, 2.75) is 13.0 Å². The molecular formula is C22H18ClN5O3S. The summed E-state index contributed by atoms with van der Waals surface area (Å²) in [7, 11) is 0. The van der Waals surface area contributed by atoms with Gasteiger partial charge in [0.05, 0.1) is 21.0 Å². The number of nitro groups is 1. The van der Waals surface area contributed by atoms with Crippen LogP contribution in [0.5, 0.6) is 0 Å². The van der Waals surface area contributed by atoms with Crippen LogP contribution in [0.3, 0.4) is 0 Å². The Morgan fingerprint density at radius 1 is 1.25 bits per heavy atom. The van der Waals surface area contributed by atoms with Gasteiger partial charge < -0.3 is 4.57 Å². The molecule has 0 fully saturated rings. The van der Waals surface area contributed by atoms with E-state index in [1.54, 1.807) is 41.7 Å². The number of hydrogen-bond donors (Lipinski definition) is 0. The molecule has 0 bridgehead atoms. The predicted octanol–water partition coefficient (Wildman–Crippen LogP) is 5.19. The molecule has 32 heavy (non-hydrogen) atoms. The van der Waals surface area contributed by atoms with Crippen LogP contribution in [0.2, 0.25) is 5.02 Å². The second kappa shape index (κ2) is 9.71. The Morgan fingerprint density at radius 2 is 2.06 bits per heavy atom. The van der Waals surface area contributed by atoms with Gasteiger partial charge in [-0.2, -0.15) is 0 Å². The van der Waals surface area contributed by atoms with Crippen LogP contribution in [0.15, 0.2) is 67.3 Å². The summed E-state index contributed by atoms with van der Waals surface area (Å²) < 4.78 is 2.85. The molecule has 4 aromatic rings. The van der Waals surface area contributed by atoms with E-state index in [0.29, 0.717) is 40.7 Å². The van der Waals surface area contributed by atoms with E-state index in [2.05, 4.69) is 9.97 Å². The first-order valence-electron chi connectivity index (χ1n) is 9.76. The van der Waals surface area contributed by atoms with Gasteiger partial charge in [0.25, 0.3) is 11.6 Å². The number of benzene rings is 2. The minimum Gasteiger partial charge on any atom is -0.337 e. The first-order chi connectivity index (χ1) is 15.5. The molecular weight excluding hydrogens is 450 g/mol. The number of non-ortho nitro benzene ring substituents is 1. The zero-order chi connectivity index (χ0) is 22.5. The van der Waals surface area contributed by atoms with Crippen molar-refractivity contribution < 1.29 is 9.72 Å². The van der Waals surface area contributed by atoms with Crippen molar-refractivity contribution in [2.75, 3.05) is 11.4 Å². The lowest BCUT2D eigenvalue weighted by Crippen LogP contribution is -2.30. The lowest BCUT2D eigenvalue weighted by molar-refractivity contribution is -0.384. The van der Waals surface area contributed by atoms with E-state index in [1.807, 2.05) is 22.9 Å². The lowest BCUT2D eigenvalue weighted by Gasteiger charge is -2.18. The van der Waals surface area contributed by atoms with Crippen LogP contribution in [-0.2, 0) is 11.3 Å². The molecule has 0 radical (unpaired) electrons. The minimum atomic E-state index is -0.459. The Hall–Kier alpha value is -3.56. The number of carbonyl (C=O) groups excluding carboxylic acids is 1. The number of rotatable bonds is 8. The van der Waals surface area contributed by atoms with E-state index < -0.39 is 4.92 Å². The van der Waals surface area contributed by atoms with Gasteiger partial charge in [0.2, 0.25) is 0 Å². The zero-order valence-electron chi connectivity index (χ0n) is 16.8. The fraction of sp³-hybridized carbons (Fsp3) is 0.136. The van der Waals surface area contributed by atoms with Crippen molar-refractivity contribution in [3.63, 3.8) is 0 Å². The number of aryl methyl sites for hydroxylation is 1. The predicted molar refractivity (Wildman–Crippen MR) is 126 cm³/mol. The summed E-state index contributed by atoms with van der Waals surface area (Å²) in [6.07, 6.45) is 9.11. The van der Waals surface area contributed by atoms with Crippen molar-refractivity contribution >= 4 is 56.0 Å². The van der Waals surface area contributed by atoms with E-state index in [-0.39, 0.29) is 11.6 Å². The average molecular weight is 468 g/mol. The Kier molecular flexibility index (Phi) is 6.58. The normalized spacial score (nSPS) is 11.3. The van der Waals surface area contributed by atoms with Gasteiger partial charge in [-0.1, -0.05) is 29.0 Å². The van der Waals surface area contributed by atoms with E-state index in [4.69, 9.17) is 11.6 Å². The smallest absolute Gasteiger partial charge is 0.269 e. The fourth-order valence-electron chi connectivity index (χ4n) is 3.11. The van der Waals surface area contributed by atoms with E-state index in [0.717, 1.165) is 4.70 Å². The maximum Gasteiger partial charge on any atom is 0.269 e. The van der Waals surface area contributed by atoms with Gasteiger partial charge in [0.15, 0.2) is 5.13 Å². The summed E-state index contributed by atoms with van der Waals surface area (Å²) >= 11 is 7.68. The molecule has 0 atom stereocenters. The summed E-state index contributed by atoms with van der Waals surface area (Å²) in [5, 5.41) is 11.9. The maximum absolute atomic E-state index is 13.1. The fourth-order valence-corrected chi connectivity index (χ4v) is 4.41. The van der Waals surface area contributed by atoms with Gasteiger partial charge in [0.1, 0.15) is 5.52 Å². The SMILES string of the molecule is O=C(/C=C/c1ccc([N+](=O)[O-])cc1)N(CCCn1ccnc1)c1nc2c(Cl)cccc2s1. The summed E-state index contributed by atoms with van der Waals surface area (Å²) in [6, 6.07) is 11.6. The van der Waals surface area contributed by atoms with E-state index >= 15 is 0 Å². The maximum atomic E-state index is 13.1. The third-order valence-corrected chi connectivity index (χ3v) is 6.08. The third kappa shape index (κ3) is 5.01. The number of nitro benzene ring substituents is 1. The molecule has 0 aliphatic heterocycles. The van der Waals surface area contributed by atoms with Gasteiger partial charge in [-0.05, 0) is 42.3 Å². The number of thiazole rings is 1. The highest BCUT2D eigenvalue weighted by molar-refractivity contribution is 7.22. The van der Waals surface area contributed by atoms with Gasteiger partial charge in [0, 0.05) is 43.7 Å². The summed E-state index contributed by atoms with van der Waals surface area (Å²) in [5.74, 6) is -0.232. The van der Waals surface area contributed by atoms with Gasteiger partial charge in [-0.3, -0.25) is 19.8 Å². The van der Waals surface area contributed by atoms with Crippen LogP contribution in [0.1, 0.15) is 12.0 Å². The molecule has 0 saturated heterocycles. The number of amides is 1. The van der Waals surface area contributed by atoms with Crippen molar-refractivity contribution in [1.29, 1.82) is 0 Å². The first kappa shape index (κ1) is 21.7. The Bertz CT molecular complexity index is 1270. The third-order valence-electron chi connectivity index (χ3n) is 4.73. The summed E-state index contributed by atoms with van der Waals surface area (Å²) in [5.41, 5.74) is 1.36. The van der Waals surface area contributed by atoms with E-state index in [1.165, 1.54) is 29.5 Å². The molecule has 0 spiro atoms. The van der Waals surface area contributed by atoms with Crippen LogP contribution >= 0.6 is 22.9 Å². The van der Waals surface area contributed by atoms with Gasteiger partial charge >= 0.3 is 0 Å². The molecule has 0 saturated carbocycles. The van der Waals surface area contributed by atoms with Crippen LogP contribution in [0, 0.1) is 10.1 Å². The van der Waals surface area contributed by atoms with E-state index in [9.17, 15) is 14.9 Å². The minimum absolute atomic E-state index is 0.000888. The molecule has 10 heteroatoms. The number of para-hydroxylation sites is 1. The highest BCUT2D eigenvalue weighted by Crippen LogP contribution is 2.33. The molecule has 0 aliphatic carbocycles.